The fourth-order valence-electron chi connectivity index (χ4n) is 1.59. The highest BCUT2D eigenvalue weighted by Crippen LogP contribution is 2.22. The molecule has 0 aliphatic carbocycles. The average Bonchev–Trinajstić information content (AvgIpc) is 2.45. The van der Waals surface area contributed by atoms with Gasteiger partial charge < -0.3 is 10.2 Å². The summed E-state index contributed by atoms with van der Waals surface area (Å²) in [6, 6.07) is 13.0. The first-order valence-electron chi connectivity index (χ1n) is 6.05. The molecule has 0 spiro atoms. The lowest BCUT2D eigenvalue weighted by atomic mass is 10.2. The number of ether oxygens (including phenoxy) is 1. The monoisotopic (exact) mass is 308 g/mol. The third kappa shape index (κ3) is 4.15. The molecule has 20 heavy (non-hydrogen) atoms. The molecule has 5 heteroatoms. The lowest BCUT2D eigenvalue weighted by molar-refractivity contribution is 0.306. The van der Waals surface area contributed by atoms with Gasteiger partial charge in [0.1, 0.15) is 12.4 Å². The lowest BCUT2D eigenvalue weighted by Gasteiger charge is -2.08. The van der Waals surface area contributed by atoms with Crippen molar-refractivity contribution in [2.24, 2.45) is 5.10 Å². The Bertz CT molecular complexity index is 597. The predicted molar refractivity (Wildman–Crippen MR) is 83.9 cm³/mol. The Morgan fingerprint density at radius 2 is 1.90 bits per heavy atom. The molecule has 0 heterocycles. The molecule has 0 fully saturated rings. The van der Waals surface area contributed by atoms with E-state index < -0.39 is 0 Å². The number of halogens is 2. The third-order valence-electron chi connectivity index (χ3n) is 2.63. The average molecular weight is 309 g/mol. The second-order valence-electron chi connectivity index (χ2n) is 4.08. The largest absolute Gasteiger partial charge is 0.489 e. The first-order chi connectivity index (χ1) is 9.69. The van der Waals surface area contributed by atoms with Gasteiger partial charge in [0.2, 0.25) is 0 Å². The maximum atomic E-state index is 6.09. The van der Waals surface area contributed by atoms with Gasteiger partial charge >= 0.3 is 0 Å². The number of benzene rings is 2. The standard InChI is InChI=1S/C15H14Cl2N2O/c1-18-19-9-11-2-6-14(7-3-11)20-10-12-4-5-13(16)8-15(12)17/h2-9,18H,10H2,1H3/b19-9+. The van der Waals surface area contributed by atoms with Gasteiger partial charge in [-0.1, -0.05) is 29.3 Å². The van der Waals surface area contributed by atoms with E-state index >= 15 is 0 Å². The molecule has 2 aromatic rings. The molecule has 0 saturated carbocycles. The maximum absolute atomic E-state index is 6.09. The van der Waals surface area contributed by atoms with Crippen LogP contribution in [0.1, 0.15) is 11.1 Å². The quantitative estimate of drug-likeness (QED) is 0.665. The maximum Gasteiger partial charge on any atom is 0.119 e. The molecule has 0 amide bonds. The number of hydrogen-bond donors (Lipinski definition) is 1. The fourth-order valence-corrected chi connectivity index (χ4v) is 2.05. The molecule has 0 saturated heterocycles. The van der Waals surface area contributed by atoms with Crippen molar-refractivity contribution in [3.8, 4) is 5.75 Å². The number of hydrogen-bond acceptors (Lipinski definition) is 3. The van der Waals surface area contributed by atoms with E-state index in [0.29, 0.717) is 16.7 Å². The van der Waals surface area contributed by atoms with Gasteiger partial charge in [-0.05, 0) is 42.0 Å². The van der Waals surface area contributed by atoms with Crippen LogP contribution in [0.15, 0.2) is 47.6 Å². The van der Waals surface area contributed by atoms with Crippen LogP contribution in [-0.4, -0.2) is 13.3 Å². The summed E-state index contributed by atoms with van der Waals surface area (Å²) in [5, 5.41) is 5.16. The van der Waals surface area contributed by atoms with Crippen molar-refractivity contribution in [2.75, 3.05) is 7.05 Å². The van der Waals surface area contributed by atoms with Gasteiger partial charge in [0.25, 0.3) is 0 Å². The van der Waals surface area contributed by atoms with E-state index in [2.05, 4.69) is 10.5 Å². The van der Waals surface area contributed by atoms with E-state index in [4.69, 9.17) is 27.9 Å². The summed E-state index contributed by atoms with van der Waals surface area (Å²) in [4.78, 5) is 0. The van der Waals surface area contributed by atoms with Crippen LogP contribution < -0.4 is 10.2 Å². The molecule has 1 N–H and O–H groups in total. The molecule has 0 aromatic heterocycles. The van der Waals surface area contributed by atoms with Crippen LogP contribution in [-0.2, 0) is 6.61 Å². The van der Waals surface area contributed by atoms with Crippen LogP contribution in [0.4, 0.5) is 0 Å². The minimum absolute atomic E-state index is 0.403. The second kappa shape index (κ2) is 7.17. The highest BCUT2D eigenvalue weighted by molar-refractivity contribution is 6.35. The Kier molecular flexibility index (Phi) is 5.27. The minimum atomic E-state index is 0.403. The molecule has 0 aliphatic heterocycles. The Morgan fingerprint density at radius 3 is 2.55 bits per heavy atom. The van der Waals surface area contributed by atoms with Crippen molar-refractivity contribution in [1.29, 1.82) is 0 Å². The van der Waals surface area contributed by atoms with Crippen molar-refractivity contribution < 1.29 is 4.74 Å². The third-order valence-corrected chi connectivity index (χ3v) is 3.22. The van der Waals surface area contributed by atoms with Crippen molar-refractivity contribution >= 4 is 29.4 Å². The number of rotatable bonds is 5. The molecule has 0 atom stereocenters. The van der Waals surface area contributed by atoms with E-state index in [9.17, 15) is 0 Å². The summed E-state index contributed by atoms with van der Waals surface area (Å²) in [5.74, 6) is 0.776. The van der Waals surface area contributed by atoms with Gasteiger partial charge in [-0.25, -0.2) is 0 Å². The van der Waals surface area contributed by atoms with Crippen molar-refractivity contribution in [2.45, 2.75) is 6.61 Å². The van der Waals surface area contributed by atoms with Crippen LogP contribution in [0.2, 0.25) is 10.0 Å². The fraction of sp³-hybridized carbons (Fsp3) is 0.133. The molecule has 0 bridgehead atoms. The smallest absolute Gasteiger partial charge is 0.119 e. The minimum Gasteiger partial charge on any atom is -0.489 e. The number of nitrogens with one attached hydrogen (secondary N) is 1. The second-order valence-corrected chi connectivity index (χ2v) is 4.92. The van der Waals surface area contributed by atoms with Gasteiger partial charge in [-0.2, -0.15) is 5.10 Å². The van der Waals surface area contributed by atoms with Crippen LogP contribution in [0.25, 0.3) is 0 Å². The van der Waals surface area contributed by atoms with Crippen molar-refractivity contribution in [1.82, 2.24) is 5.43 Å². The first-order valence-corrected chi connectivity index (χ1v) is 6.81. The number of nitrogens with zero attached hydrogens (tertiary/aromatic N) is 1. The molecular formula is C15H14Cl2N2O. The lowest BCUT2D eigenvalue weighted by Crippen LogP contribution is -1.97. The summed E-state index contributed by atoms with van der Waals surface area (Å²) in [6.07, 6.45) is 1.74. The Labute approximate surface area is 128 Å². The zero-order valence-corrected chi connectivity index (χ0v) is 12.4. The summed E-state index contributed by atoms with van der Waals surface area (Å²) in [5.41, 5.74) is 4.60. The highest BCUT2D eigenvalue weighted by atomic mass is 35.5. The predicted octanol–water partition coefficient (Wildman–Crippen LogP) is 4.13. The molecule has 2 aromatic carbocycles. The Morgan fingerprint density at radius 1 is 1.15 bits per heavy atom. The van der Waals surface area contributed by atoms with Crippen LogP contribution in [0.3, 0.4) is 0 Å². The normalized spacial score (nSPS) is 10.8. The summed E-state index contributed by atoms with van der Waals surface area (Å²) < 4.78 is 5.68. The molecular weight excluding hydrogens is 295 g/mol. The SMILES string of the molecule is CN/N=C/c1ccc(OCc2ccc(Cl)cc2Cl)cc1. The zero-order valence-electron chi connectivity index (χ0n) is 10.9. The van der Waals surface area contributed by atoms with Crippen LogP contribution >= 0.6 is 23.2 Å². The molecule has 0 aliphatic rings. The van der Waals surface area contributed by atoms with E-state index in [1.54, 1.807) is 25.4 Å². The van der Waals surface area contributed by atoms with Gasteiger partial charge in [-0.15, -0.1) is 0 Å². The molecule has 2 rings (SSSR count). The van der Waals surface area contributed by atoms with Crippen LogP contribution in [0.5, 0.6) is 5.75 Å². The highest BCUT2D eigenvalue weighted by Gasteiger charge is 2.02. The van der Waals surface area contributed by atoms with E-state index in [1.165, 1.54) is 0 Å². The molecule has 3 nitrogen and oxygen atoms in total. The summed E-state index contributed by atoms with van der Waals surface area (Å²) in [6.45, 7) is 0.403. The Hall–Kier alpha value is -1.71. The van der Waals surface area contributed by atoms with Crippen molar-refractivity contribution in [3.05, 3.63) is 63.6 Å². The molecule has 0 radical (unpaired) electrons. The molecule has 104 valence electrons. The first kappa shape index (κ1) is 14.7. The summed E-state index contributed by atoms with van der Waals surface area (Å²) >= 11 is 11.9. The van der Waals surface area contributed by atoms with Gasteiger partial charge in [0, 0.05) is 22.7 Å². The van der Waals surface area contributed by atoms with Crippen LogP contribution in [0, 0.1) is 0 Å². The number of hydrazone groups is 1. The van der Waals surface area contributed by atoms with E-state index in [-0.39, 0.29) is 0 Å². The van der Waals surface area contributed by atoms with Gasteiger partial charge in [-0.3, -0.25) is 0 Å². The van der Waals surface area contributed by atoms with E-state index in [1.807, 2.05) is 30.3 Å². The van der Waals surface area contributed by atoms with Crippen molar-refractivity contribution in [3.63, 3.8) is 0 Å². The zero-order chi connectivity index (χ0) is 14.4. The summed E-state index contributed by atoms with van der Waals surface area (Å²) in [7, 11) is 1.75. The van der Waals surface area contributed by atoms with E-state index in [0.717, 1.165) is 16.9 Å². The Balaban J connectivity index is 1.98. The topological polar surface area (TPSA) is 33.6 Å². The van der Waals surface area contributed by atoms with Gasteiger partial charge in [0.05, 0.1) is 6.21 Å². The molecule has 0 unspecified atom stereocenters. The van der Waals surface area contributed by atoms with Gasteiger partial charge in [0.15, 0.2) is 0 Å².